The normalized spacial score (nSPS) is 16.6. The van der Waals surface area contributed by atoms with Crippen LogP contribution in [0, 0.1) is 5.92 Å². The van der Waals surface area contributed by atoms with Crippen LogP contribution in [0.1, 0.15) is 18.1 Å². The molecule has 0 bridgehead atoms. The van der Waals surface area contributed by atoms with Gasteiger partial charge in [-0.05, 0) is 53.0 Å². The monoisotopic (exact) mass is 651 g/mol. The fraction of sp³-hybridized carbons (Fsp3) is 0.0444. The highest BCUT2D eigenvalue weighted by Gasteiger charge is 2.50. The number of carbonyl (C=O) groups is 1. The van der Waals surface area contributed by atoms with Gasteiger partial charge in [0.1, 0.15) is 11.5 Å². The van der Waals surface area contributed by atoms with Gasteiger partial charge in [0.15, 0.2) is 0 Å². The minimum atomic E-state index is -2.79. The van der Waals surface area contributed by atoms with Crippen LogP contribution >= 0.6 is 6.89 Å². The van der Waals surface area contributed by atoms with Crippen LogP contribution in [-0.2, 0) is 9.53 Å². The molecule has 6 aromatic carbocycles. The second-order valence-electron chi connectivity index (χ2n) is 12.2. The summed E-state index contributed by atoms with van der Waals surface area (Å²) in [4.78, 5) is 19.9. The second-order valence-corrected chi connectivity index (χ2v) is 15.6. The summed E-state index contributed by atoms with van der Waals surface area (Å²) < 4.78 is 7.18. The average molecular weight is 652 g/mol. The highest BCUT2D eigenvalue weighted by molar-refractivity contribution is 7.96. The number of rotatable bonds is 7. The van der Waals surface area contributed by atoms with Crippen LogP contribution in [0.25, 0.3) is 11.1 Å². The minimum absolute atomic E-state index is 0.0549. The van der Waals surface area contributed by atoms with Gasteiger partial charge in [-0.25, -0.2) is 4.99 Å². The topological polar surface area (TPSA) is 38.7 Å². The van der Waals surface area contributed by atoms with E-state index < -0.39 is 12.8 Å². The van der Waals surface area contributed by atoms with E-state index in [1.807, 2.05) is 72.8 Å². The number of allylic oxidation sites excluding steroid dienone is 3. The first-order valence-corrected chi connectivity index (χ1v) is 18.3. The number of hydrogen-bond acceptors (Lipinski definition) is 3. The lowest BCUT2D eigenvalue weighted by Gasteiger charge is -2.44. The molecule has 1 atom stereocenters. The quantitative estimate of drug-likeness (QED) is 0.162. The van der Waals surface area contributed by atoms with Gasteiger partial charge in [0.2, 0.25) is 5.90 Å². The van der Waals surface area contributed by atoms with Gasteiger partial charge >= 0.3 is 0 Å². The van der Waals surface area contributed by atoms with Crippen molar-refractivity contribution in [2.75, 3.05) is 0 Å². The molecule has 0 aromatic heterocycles. The number of ketones is 1. The van der Waals surface area contributed by atoms with Crippen molar-refractivity contribution in [2.24, 2.45) is 10.9 Å². The van der Waals surface area contributed by atoms with Gasteiger partial charge in [-0.3, -0.25) is 4.79 Å². The number of hydrogen-bond donors (Lipinski definition) is 0. The maximum absolute atomic E-state index is 14.6. The number of ether oxygens (including phenoxy) is 1. The van der Waals surface area contributed by atoms with E-state index in [-0.39, 0.29) is 5.78 Å². The van der Waals surface area contributed by atoms with Crippen LogP contribution in [0.15, 0.2) is 198 Å². The molecular weight excluding hydrogens is 617 g/mol. The molecule has 1 unspecified atom stereocenters. The summed E-state index contributed by atoms with van der Waals surface area (Å²) in [6, 6.07) is 62.5. The molecule has 4 heteroatoms. The van der Waals surface area contributed by atoms with Gasteiger partial charge in [-0.1, -0.05) is 170 Å². The molecular formula is C45H34NO2P. The molecule has 3 nitrogen and oxygen atoms in total. The largest absolute Gasteiger partial charge is 0.438 e. The summed E-state index contributed by atoms with van der Waals surface area (Å²) in [6.07, 6.45) is 0. The van der Waals surface area contributed by atoms with E-state index in [0.717, 1.165) is 60.5 Å². The number of aliphatic imine (C=N–C) groups is 1. The Kier molecular flexibility index (Phi) is 8.13. The predicted octanol–water partition coefficient (Wildman–Crippen LogP) is 9.00. The molecule has 236 valence electrons. The van der Waals surface area contributed by atoms with Crippen LogP contribution in [0.4, 0.5) is 5.69 Å². The van der Waals surface area contributed by atoms with Crippen molar-refractivity contribution >= 4 is 56.6 Å². The van der Waals surface area contributed by atoms with Gasteiger partial charge in [0, 0.05) is 22.0 Å². The summed E-state index contributed by atoms with van der Waals surface area (Å²) in [5.41, 5.74) is 5.83. The summed E-state index contributed by atoms with van der Waals surface area (Å²) in [7, 11) is 0. The Labute approximate surface area is 287 Å². The summed E-state index contributed by atoms with van der Waals surface area (Å²) in [5.74, 6) is 0.647. The van der Waals surface area contributed by atoms with Crippen molar-refractivity contribution in [1.82, 2.24) is 0 Å². The second kappa shape index (κ2) is 13.0. The van der Waals surface area contributed by atoms with Crippen molar-refractivity contribution in [3.8, 4) is 0 Å². The van der Waals surface area contributed by atoms with E-state index >= 15 is 0 Å². The Morgan fingerprint density at radius 1 is 0.531 bits per heavy atom. The molecule has 8 rings (SSSR count). The van der Waals surface area contributed by atoms with Crippen molar-refractivity contribution < 1.29 is 9.53 Å². The van der Waals surface area contributed by atoms with Crippen LogP contribution in [0.5, 0.6) is 0 Å². The summed E-state index contributed by atoms with van der Waals surface area (Å²) in [5, 5.41) is 4.31. The zero-order valence-electron chi connectivity index (χ0n) is 27.1. The number of Topliss-reactive ketones (excluding diaryl/α,β-unsaturated/α-hetero) is 1. The number of benzene rings is 6. The van der Waals surface area contributed by atoms with Gasteiger partial charge < -0.3 is 4.74 Å². The lowest BCUT2D eigenvalue weighted by molar-refractivity contribution is -0.118. The average Bonchev–Trinajstić information content (AvgIpc) is 3.16. The van der Waals surface area contributed by atoms with Crippen molar-refractivity contribution in [3.05, 3.63) is 204 Å². The molecule has 1 aliphatic carbocycles. The number of nitrogens with zero attached hydrogens (tertiary/aromatic N) is 1. The first-order valence-electron chi connectivity index (χ1n) is 16.5. The molecule has 0 saturated carbocycles. The van der Waals surface area contributed by atoms with E-state index in [9.17, 15) is 4.79 Å². The molecule has 0 radical (unpaired) electrons. The van der Waals surface area contributed by atoms with Crippen molar-refractivity contribution in [3.63, 3.8) is 0 Å². The van der Waals surface area contributed by atoms with Crippen LogP contribution in [0.2, 0.25) is 0 Å². The molecule has 0 fully saturated rings. The smallest absolute Gasteiger partial charge is 0.225 e. The standard InChI is InChI=1S/C45H34NO2P/c1-32(47)39-42-40(33-20-8-2-9-21-33)41(34-22-10-3-11-23-34)43(42)48-45(46-35-24-12-4-13-25-35)44(39)49(36-26-14-5-15-27-36,37-28-16-6-17-29-37)38-30-18-7-19-31-38/h2-31,39H,1H3. The predicted molar refractivity (Wildman–Crippen MR) is 206 cm³/mol. The number of carbonyl (C=O) groups excluding carboxylic acids is 1. The highest BCUT2D eigenvalue weighted by Crippen LogP contribution is 2.58. The van der Waals surface area contributed by atoms with E-state index in [0.29, 0.717) is 5.90 Å². The molecule has 6 aromatic rings. The van der Waals surface area contributed by atoms with Crippen molar-refractivity contribution in [2.45, 2.75) is 6.92 Å². The zero-order chi connectivity index (χ0) is 33.2. The SMILES string of the molecule is CC(=O)C1C2=C(OC(=Nc3ccccc3)C1=P(c1ccccc1)(c1ccccc1)c1ccccc1)C(c1ccccc1)=C2c1ccccc1. The molecule has 1 aliphatic heterocycles. The molecule has 0 saturated heterocycles. The molecule has 0 spiro atoms. The Morgan fingerprint density at radius 2 is 0.918 bits per heavy atom. The fourth-order valence-corrected chi connectivity index (χ4v) is 11.9. The molecule has 2 aliphatic rings. The maximum Gasteiger partial charge on any atom is 0.225 e. The van der Waals surface area contributed by atoms with Crippen LogP contribution in [-0.4, -0.2) is 17.0 Å². The molecule has 0 amide bonds. The van der Waals surface area contributed by atoms with E-state index in [1.165, 1.54) is 0 Å². The van der Waals surface area contributed by atoms with E-state index in [2.05, 4.69) is 109 Å². The summed E-state index contributed by atoms with van der Waals surface area (Å²) >= 11 is 0. The highest BCUT2D eigenvalue weighted by atomic mass is 31.2. The lowest BCUT2D eigenvalue weighted by atomic mass is 9.70. The Balaban J connectivity index is 1.56. The zero-order valence-corrected chi connectivity index (χ0v) is 28.0. The van der Waals surface area contributed by atoms with Gasteiger partial charge in [-0.15, -0.1) is 0 Å². The third-order valence-corrected chi connectivity index (χ3v) is 13.7. The first-order chi connectivity index (χ1) is 24.2. The Bertz CT molecular complexity index is 2190. The van der Waals surface area contributed by atoms with Gasteiger partial charge in [0.05, 0.1) is 11.6 Å². The van der Waals surface area contributed by atoms with E-state index in [4.69, 9.17) is 9.73 Å². The molecule has 0 N–H and O–H groups in total. The summed E-state index contributed by atoms with van der Waals surface area (Å²) in [6.45, 7) is -1.07. The Morgan fingerprint density at radius 3 is 1.35 bits per heavy atom. The third-order valence-electron chi connectivity index (χ3n) is 9.28. The van der Waals surface area contributed by atoms with Crippen LogP contribution < -0.4 is 15.9 Å². The first kappa shape index (κ1) is 30.6. The maximum atomic E-state index is 14.6. The fourth-order valence-electron chi connectivity index (χ4n) is 7.26. The molecule has 1 heterocycles. The number of para-hydroxylation sites is 1. The minimum Gasteiger partial charge on any atom is -0.438 e. The van der Waals surface area contributed by atoms with Crippen molar-refractivity contribution in [1.29, 1.82) is 0 Å². The van der Waals surface area contributed by atoms with Crippen LogP contribution in [0.3, 0.4) is 0 Å². The Hall–Kier alpha value is -5.76. The van der Waals surface area contributed by atoms with E-state index in [1.54, 1.807) is 6.92 Å². The molecule has 49 heavy (non-hydrogen) atoms. The third kappa shape index (κ3) is 5.24. The van der Waals surface area contributed by atoms with Gasteiger partial charge in [0.25, 0.3) is 0 Å². The van der Waals surface area contributed by atoms with Gasteiger partial charge in [-0.2, -0.15) is 0 Å². The lowest BCUT2D eigenvalue weighted by Crippen LogP contribution is -2.45.